The topological polar surface area (TPSA) is 66.3 Å². The minimum Gasteiger partial charge on any atom is -0.497 e. The maximum Gasteiger partial charge on any atom is 0.234 e. The van der Waals surface area contributed by atoms with E-state index in [1.54, 1.807) is 19.2 Å². The van der Waals surface area contributed by atoms with E-state index in [4.69, 9.17) is 14.7 Å². The zero-order valence-corrected chi connectivity index (χ0v) is 19.1. The third kappa shape index (κ3) is 5.19. The first-order chi connectivity index (χ1) is 15.5. The highest BCUT2D eigenvalue weighted by Crippen LogP contribution is 2.35. The highest BCUT2D eigenvalue weighted by molar-refractivity contribution is 8.16. The lowest BCUT2D eigenvalue weighted by Crippen LogP contribution is -2.41. The van der Waals surface area contributed by atoms with Gasteiger partial charge in [-0.1, -0.05) is 24.8 Å². The maximum atomic E-state index is 13.4. The Bertz CT molecular complexity index is 1030. The van der Waals surface area contributed by atoms with Crippen molar-refractivity contribution in [1.82, 2.24) is 4.90 Å². The number of likely N-dealkylation sites (tertiary alicyclic amines) is 1. The quantitative estimate of drug-likeness (QED) is 0.710. The van der Waals surface area contributed by atoms with Crippen molar-refractivity contribution in [2.24, 2.45) is 9.98 Å². The molecule has 2 aromatic rings. The summed E-state index contributed by atoms with van der Waals surface area (Å²) in [7, 11) is 1.64. The molecule has 168 valence electrons. The molecule has 0 radical (unpaired) electrons. The van der Waals surface area contributed by atoms with Crippen LogP contribution in [0.5, 0.6) is 5.75 Å². The largest absolute Gasteiger partial charge is 0.497 e. The van der Waals surface area contributed by atoms with Crippen LogP contribution in [-0.2, 0) is 4.79 Å². The summed E-state index contributed by atoms with van der Waals surface area (Å²) in [5.74, 6) is 0.352. The highest BCUT2D eigenvalue weighted by Gasteiger charge is 2.39. The average molecular weight is 455 g/mol. The summed E-state index contributed by atoms with van der Waals surface area (Å²) in [6, 6.07) is 13.6. The first-order valence-electron chi connectivity index (χ1n) is 10.8. The van der Waals surface area contributed by atoms with E-state index < -0.39 is 5.66 Å². The number of aliphatic imine (C=N–C) groups is 2. The van der Waals surface area contributed by atoms with E-state index in [1.165, 1.54) is 23.9 Å². The summed E-state index contributed by atoms with van der Waals surface area (Å²) in [5, 5.41) is 3.52. The minimum atomic E-state index is -0.456. The van der Waals surface area contributed by atoms with Crippen molar-refractivity contribution in [3.8, 4) is 5.75 Å². The number of hydrogen-bond donors (Lipinski definition) is 1. The number of rotatable bonds is 6. The van der Waals surface area contributed by atoms with Crippen LogP contribution >= 0.6 is 11.8 Å². The third-order valence-electron chi connectivity index (χ3n) is 5.75. The van der Waals surface area contributed by atoms with Crippen molar-refractivity contribution in [2.75, 3.05) is 37.8 Å². The third-order valence-corrected chi connectivity index (χ3v) is 6.71. The second-order valence-corrected chi connectivity index (χ2v) is 8.83. The van der Waals surface area contributed by atoms with Crippen LogP contribution in [0.15, 0.2) is 58.5 Å². The minimum absolute atomic E-state index is 0.168. The van der Waals surface area contributed by atoms with E-state index >= 15 is 0 Å². The number of nitrogens with one attached hydrogen (secondary N) is 1. The summed E-state index contributed by atoms with van der Waals surface area (Å²) in [6.45, 7) is 5.10. The Balaban J connectivity index is 1.51. The molecule has 6 nitrogen and oxygen atoms in total. The maximum absolute atomic E-state index is 13.4. The van der Waals surface area contributed by atoms with E-state index in [1.807, 2.05) is 24.3 Å². The molecule has 4 rings (SSSR count). The summed E-state index contributed by atoms with van der Waals surface area (Å²) >= 11 is 1.37. The lowest BCUT2D eigenvalue weighted by Gasteiger charge is -2.34. The van der Waals surface area contributed by atoms with E-state index in [9.17, 15) is 9.18 Å². The number of amides is 1. The van der Waals surface area contributed by atoms with E-state index in [0.717, 1.165) is 54.5 Å². The van der Waals surface area contributed by atoms with Gasteiger partial charge in [-0.15, -0.1) is 0 Å². The molecule has 0 bridgehead atoms. The standard InChI is InChI=1S/C24H27FN4O2S/c1-3-29-13-11-24(12-14-29)27-22(17-7-9-20(31-2)10-8-17)23(28-24)32-16-21(30)26-19-6-4-5-18(25)15-19/h4-10,15H,3,11-14,16H2,1-2H3,(H,26,30). The zero-order chi connectivity index (χ0) is 22.6. The van der Waals surface area contributed by atoms with Gasteiger partial charge in [0.05, 0.1) is 18.6 Å². The first-order valence-corrected chi connectivity index (χ1v) is 11.7. The number of anilines is 1. The van der Waals surface area contributed by atoms with Gasteiger partial charge in [-0.3, -0.25) is 9.79 Å². The molecule has 0 unspecified atom stereocenters. The number of thioether (sulfide) groups is 1. The number of hydrogen-bond acceptors (Lipinski definition) is 6. The fourth-order valence-corrected chi connectivity index (χ4v) is 4.78. The molecule has 1 amide bonds. The van der Waals surface area contributed by atoms with Crippen LogP contribution in [0.2, 0.25) is 0 Å². The van der Waals surface area contributed by atoms with Crippen LogP contribution in [-0.4, -0.2) is 59.7 Å². The number of carbonyl (C=O) groups excluding carboxylic acids is 1. The SMILES string of the molecule is CCN1CCC2(CC1)N=C(SCC(=O)Nc1cccc(F)c1)C(c1ccc(OC)cc1)=N2. The molecule has 2 aromatic carbocycles. The highest BCUT2D eigenvalue weighted by atomic mass is 32.2. The molecule has 32 heavy (non-hydrogen) atoms. The fourth-order valence-electron chi connectivity index (χ4n) is 3.91. The van der Waals surface area contributed by atoms with Gasteiger partial charge in [-0.25, -0.2) is 9.38 Å². The van der Waals surface area contributed by atoms with Gasteiger partial charge in [0.2, 0.25) is 5.91 Å². The van der Waals surface area contributed by atoms with Crippen LogP contribution in [0.3, 0.4) is 0 Å². The van der Waals surface area contributed by atoms with E-state index in [-0.39, 0.29) is 17.5 Å². The number of halogens is 1. The van der Waals surface area contributed by atoms with Crippen molar-refractivity contribution in [1.29, 1.82) is 0 Å². The Kier molecular flexibility index (Phi) is 6.91. The van der Waals surface area contributed by atoms with Crippen LogP contribution < -0.4 is 10.1 Å². The van der Waals surface area contributed by atoms with E-state index in [0.29, 0.717) is 5.69 Å². The molecule has 0 aliphatic carbocycles. The molecule has 1 spiro atoms. The van der Waals surface area contributed by atoms with Crippen molar-refractivity contribution in [3.05, 3.63) is 59.9 Å². The molecular weight excluding hydrogens is 427 g/mol. The monoisotopic (exact) mass is 454 g/mol. The molecule has 0 saturated carbocycles. The number of piperidine rings is 1. The zero-order valence-electron chi connectivity index (χ0n) is 18.3. The smallest absolute Gasteiger partial charge is 0.234 e. The van der Waals surface area contributed by atoms with Gasteiger partial charge in [0.25, 0.3) is 0 Å². The lowest BCUT2D eigenvalue weighted by atomic mass is 9.98. The molecule has 0 aromatic heterocycles. The Hall–Kier alpha value is -2.71. The van der Waals surface area contributed by atoms with Crippen molar-refractivity contribution in [3.63, 3.8) is 0 Å². The predicted molar refractivity (Wildman–Crippen MR) is 129 cm³/mol. The van der Waals surface area contributed by atoms with Gasteiger partial charge in [0, 0.05) is 37.2 Å². The number of ether oxygens (including phenoxy) is 1. The van der Waals surface area contributed by atoms with Gasteiger partial charge >= 0.3 is 0 Å². The van der Waals surface area contributed by atoms with Gasteiger partial charge in [0.1, 0.15) is 16.6 Å². The lowest BCUT2D eigenvalue weighted by molar-refractivity contribution is -0.113. The second-order valence-electron chi connectivity index (χ2n) is 7.87. The van der Waals surface area contributed by atoms with Crippen LogP contribution in [0.25, 0.3) is 0 Å². The molecule has 1 fully saturated rings. The number of carbonyl (C=O) groups is 1. The summed E-state index contributed by atoms with van der Waals surface area (Å²) in [6.07, 6.45) is 1.72. The van der Waals surface area contributed by atoms with E-state index in [2.05, 4.69) is 17.1 Å². The molecule has 1 N–H and O–H groups in total. The first kappa shape index (κ1) is 22.5. The van der Waals surface area contributed by atoms with Crippen molar-refractivity contribution < 1.29 is 13.9 Å². The fraction of sp³-hybridized carbons (Fsp3) is 0.375. The van der Waals surface area contributed by atoms with Gasteiger partial charge in [0.15, 0.2) is 5.66 Å². The molecule has 8 heteroatoms. The predicted octanol–water partition coefficient (Wildman–Crippen LogP) is 4.22. The van der Waals surface area contributed by atoms with Crippen molar-refractivity contribution in [2.45, 2.75) is 25.4 Å². The number of benzene rings is 2. The van der Waals surface area contributed by atoms with Crippen molar-refractivity contribution >= 4 is 34.1 Å². The summed E-state index contributed by atoms with van der Waals surface area (Å²) < 4.78 is 18.7. The Labute approximate surface area is 192 Å². The van der Waals surface area contributed by atoms with Crippen LogP contribution in [0.1, 0.15) is 25.3 Å². The average Bonchev–Trinajstić information content (AvgIpc) is 3.16. The van der Waals surface area contributed by atoms with Gasteiger partial charge in [-0.2, -0.15) is 0 Å². The molecule has 2 aliphatic heterocycles. The molecule has 2 heterocycles. The summed E-state index contributed by atoms with van der Waals surface area (Å²) in [4.78, 5) is 25.0. The number of methoxy groups -OCH3 is 1. The Morgan fingerprint density at radius 2 is 1.94 bits per heavy atom. The molecule has 2 aliphatic rings. The van der Waals surface area contributed by atoms with Gasteiger partial charge in [-0.05, 0) is 49.0 Å². The number of nitrogens with zero attached hydrogens (tertiary/aromatic N) is 3. The summed E-state index contributed by atoms with van der Waals surface area (Å²) in [5.41, 5.74) is 1.76. The normalized spacial score (nSPS) is 17.7. The Morgan fingerprint density at radius 3 is 2.59 bits per heavy atom. The second kappa shape index (κ2) is 9.83. The van der Waals surface area contributed by atoms with Gasteiger partial charge < -0.3 is 15.0 Å². The molecular formula is C24H27FN4O2S. The molecule has 1 saturated heterocycles. The van der Waals surface area contributed by atoms with Crippen LogP contribution in [0.4, 0.5) is 10.1 Å². The molecule has 0 atom stereocenters. The van der Waals surface area contributed by atoms with Crippen LogP contribution in [0, 0.1) is 5.82 Å². The Morgan fingerprint density at radius 1 is 1.19 bits per heavy atom.